The second-order valence-corrected chi connectivity index (χ2v) is 6.78. The first-order chi connectivity index (χ1) is 11.4. The molecule has 0 atom stereocenters. The van der Waals surface area contributed by atoms with Crippen molar-refractivity contribution >= 4 is 63.3 Å². The molecule has 0 spiro atoms. The lowest BCUT2D eigenvalue weighted by molar-refractivity contribution is 0.0934. The van der Waals surface area contributed by atoms with Gasteiger partial charge in [-0.2, -0.15) is 0 Å². The zero-order valence-corrected chi connectivity index (χ0v) is 16.3. The third-order valence-electron chi connectivity index (χ3n) is 3.07. The van der Waals surface area contributed by atoms with E-state index in [2.05, 4.69) is 38.8 Å². The monoisotopic (exact) mass is 473 g/mol. The predicted molar refractivity (Wildman–Crippen MR) is 106 cm³/mol. The molecular formula is C16H13ClIN3O2S. The minimum Gasteiger partial charge on any atom is -0.298 e. The first kappa shape index (κ1) is 18.6. The molecule has 0 aliphatic heterocycles. The Morgan fingerprint density at radius 2 is 1.79 bits per heavy atom. The Bertz CT molecular complexity index is 814. The first-order valence-electron chi connectivity index (χ1n) is 6.81. The Balaban J connectivity index is 1.91. The van der Waals surface area contributed by atoms with Gasteiger partial charge in [0.1, 0.15) is 0 Å². The van der Waals surface area contributed by atoms with Crippen LogP contribution in [0.4, 0.5) is 0 Å². The Morgan fingerprint density at radius 1 is 1.08 bits per heavy atom. The van der Waals surface area contributed by atoms with E-state index >= 15 is 0 Å². The van der Waals surface area contributed by atoms with E-state index in [1.165, 1.54) is 0 Å². The molecule has 0 heterocycles. The number of aryl methyl sites for hydroxylation is 1. The quantitative estimate of drug-likeness (QED) is 0.356. The Morgan fingerprint density at radius 3 is 2.46 bits per heavy atom. The molecule has 0 aromatic heterocycles. The molecule has 0 aliphatic rings. The second-order valence-electron chi connectivity index (χ2n) is 4.81. The molecule has 24 heavy (non-hydrogen) atoms. The van der Waals surface area contributed by atoms with Gasteiger partial charge >= 0.3 is 0 Å². The summed E-state index contributed by atoms with van der Waals surface area (Å²) in [5.41, 5.74) is 6.72. The number of benzene rings is 2. The van der Waals surface area contributed by atoms with Crippen molar-refractivity contribution in [1.82, 2.24) is 16.2 Å². The van der Waals surface area contributed by atoms with E-state index in [1.54, 1.807) is 36.4 Å². The van der Waals surface area contributed by atoms with Crippen molar-refractivity contribution in [3.63, 3.8) is 0 Å². The number of amides is 2. The van der Waals surface area contributed by atoms with Crippen molar-refractivity contribution in [3.8, 4) is 0 Å². The molecular weight excluding hydrogens is 461 g/mol. The summed E-state index contributed by atoms with van der Waals surface area (Å²) < 4.78 is 0.978. The van der Waals surface area contributed by atoms with Crippen LogP contribution in [-0.2, 0) is 0 Å². The van der Waals surface area contributed by atoms with Gasteiger partial charge in [0.15, 0.2) is 5.11 Å². The highest BCUT2D eigenvalue weighted by Gasteiger charge is 2.12. The van der Waals surface area contributed by atoms with Crippen LogP contribution in [-0.4, -0.2) is 16.9 Å². The average Bonchev–Trinajstić information content (AvgIpc) is 2.55. The van der Waals surface area contributed by atoms with Gasteiger partial charge in [-0.15, -0.1) is 0 Å². The maximum atomic E-state index is 12.1. The molecule has 0 bridgehead atoms. The number of carbonyl (C=O) groups excluding carboxylic acids is 2. The number of nitrogens with one attached hydrogen (secondary N) is 3. The fraction of sp³-hybridized carbons (Fsp3) is 0.0625. The molecule has 8 heteroatoms. The molecule has 0 fully saturated rings. The summed E-state index contributed by atoms with van der Waals surface area (Å²) in [6.45, 7) is 1.96. The minimum atomic E-state index is -0.456. The Labute approximate surface area is 163 Å². The number of hydrazine groups is 1. The van der Waals surface area contributed by atoms with Gasteiger partial charge in [0.25, 0.3) is 11.8 Å². The molecule has 124 valence electrons. The van der Waals surface area contributed by atoms with Crippen LogP contribution >= 0.6 is 46.4 Å². The average molecular weight is 474 g/mol. The predicted octanol–water partition coefficient (Wildman–Crippen LogP) is 3.20. The van der Waals surface area contributed by atoms with Crippen LogP contribution in [0.2, 0.25) is 5.02 Å². The van der Waals surface area contributed by atoms with Crippen LogP contribution in [0.25, 0.3) is 0 Å². The first-order valence-corrected chi connectivity index (χ1v) is 8.67. The zero-order chi connectivity index (χ0) is 17.7. The summed E-state index contributed by atoms with van der Waals surface area (Å²) in [6, 6.07) is 11.9. The highest BCUT2D eigenvalue weighted by atomic mass is 127. The van der Waals surface area contributed by atoms with Crippen LogP contribution in [0.1, 0.15) is 26.3 Å². The van der Waals surface area contributed by atoms with Gasteiger partial charge in [-0.25, -0.2) is 0 Å². The molecule has 0 saturated carbocycles. The van der Waals surface area contributed by atoms with Gasteiger partial charge in [-0.3, -0.25) is 25.8 Å². The van der Waals surface area contributed by atoms with Crippen LogP contribution in [0.3, 0.4) is 0 Å². The molecule has 0 aliphatic carbocycles. The van der Waals surface area contributed by atoms with E-state index < -0.39 is 5.91 Å². The molecule has 3 N–H and O–H groups in total. The van der Waals surface area contributed by atoms with Crippen molar-refractivity contribution in [2.45, 2.75) is 6.92 Å². The van der Waals surface area contributed by atoms with Crippen molar-refractivity contribution in [2.75, 3.05) is 0 Å². The summed E-state index contributed by atoms with van der Waals surface area (Å²) in [4.78, 5) is 24.1. The fourth-order valence-electron chi connectivity index (χ4n) is 1.77. The van der Waals surface area contributed by atoms with Gasteiger partial charge in [0.05, 0.1) is 10.6 Å². The summed E-state index contributed by atoms with van der Waals surface area (Å²) >= 11 is 13.1. The molecule has 2 amide bonds. The smallest absolute Gasteiger partial charge is 0.271 e. The molecule has 2 rings (SSSR count). The lowest BCUT2D eigenvalue weighted by atomic mass is 10.1. The molecule has 0 radical (unpaired) electrons. The summed E-state index contributed by atoms with van der Waals surface area (Å²) in [6.07, 6.45) is 0. The maximum Gasteiger partial charge on any atom is 0.271 e. The number of rotatable bonds is 2. The highest BCUT2D eigenvalue weighted by molar-refractivity contribution is 14.1. The van der Waals surface area contributed by atoms with Gasteiger partial charge in [-0.1, -0.05) is 29.8 Å². The lowest BCUT2D eigenvalue weighted by Crippen LogP contribution is -2.48. The fourth-order valence-corrected chi connectivity index (χ4v) is 2.65. The molecule has 0 unspecified atom stereocenters. The van der Waals surface area contributed by atoms with Crippen molar-refractivity contribution in [1.29, 1.82) is 0 Å². The minimum absolute atomic E-state index is 0.0176. The number of halogens is 2. The van der Waals surface area contributed by atoms with Gasteiger partial charge < -0.3 is 0 Å². The maximum absolute atomic E-state index is 12.1. The molecule has 2 aromatic carbocycles. The Hall–Kier alpha value is -1.71. The SMILES string of the molecule is Cc1ccc(C(=O)NC(=S)NNC(=O)c2ccccc2Cl)cc1I. The number of thiocarbonyl (C=S) groups is 1. The van der Waals surface area contributed by atoms with Crippen LogP contribution < -0.4 is 16.2 Å². The second kappa shape index (κ2) is 8.41. The van der Waals surface area contributed by atoms with E-state index in [0.29, 0.717) is 16.1 Å². The molecule has 5 nitrogen and oxygen atoms in total. The third-order valence-corrected chi connectivity index (χ3v) is 4.77. The lowest BCUT2D eigenvalue weighted by Gasteiger charge is -2.11. The van der Waals surface area contributed by atoms with E-state index in [1.807, 2.05) is 13.0 Å². The van der Waals surface area contributed by atoms with Crippen LogP contribution in [0.5, 0.6) is 0 Å². The topological polar surface area (TPSA) is 70.2 Å². The van der Waals surface area contributed by atoms with E-state index in [-0.39, 0.29) is 11.0 Å². The Kier molecular flexibility index (Phi) is 6.52. The number of hydrogen-bond acceptors (Lipinski definition) is 3. The van der Waals surface area contributed by atoms with Gasteiger partial charge in [-0.05, 0) is 71.6 Å². The van der Waals surface area contributed by atoms with Crippen LogP contribution in [0, 0.1) is 10.5 Å². The van der Waals surface area contributed by atoms with E-state index in [4.69, 9.17) is 23.8 Å². The van der Waals surface area contributed by atoms with Crippen molar-refractivity contribution in [2.24, 2.45) is 0 Å². The number of hydrogen-bond donors (Lipinski definition) is 3. The number of carbonyl (C=O) groups is 2. The normalized spacial score (nSPS) is 9.96. The van der Waals surface area contributed by atoms with E-state index in [9.17, 15) is 9.59 Å². The zero-order valence-electron chi connectivity index (χ0n) is 12.5. The van der Waals surface area contributed by atoms with Crippen molar-refractivity contribution in [3.05, 3.63) is 67.7 Å². The molecule has 0 saturated heterocycles. The van der Waals surface area contributed by atoms with Gasteiger partial charge in [0.2, 0.25) is 0 Å². The summed E-state index contributed by atoms with van der Waals surface area (Å²) in [7, 11) is 0. The standard InChI is InChI=1S/C16H13ClIN3O2S/c1-9-6-7-10(8-13(9)18)14(22)19-16(24)21-20-15(23)11-4-2-3-5-12(11)17/h2-8H,1H3,(H,20,23)(H2,19,21,22,24). The third kappa shape index (κ3) is 4.89. The largest absolute Gasteiger partial charge is 0.298 e. The summed E-state index contributed by atoms with van der Waals surface area (Å²) in [5, 5.41) is 2.80. The molecule has 2 aromatic rings. The van der Waals surface area contributed by atoms with Crippen LogP contribution in [0.15, 0.2) is 42.5 Å². The van der Waals surface area contributed by atoms with Gasteiger partial charge in [0, 0.05) is 9.13 Å². The highest BCUT2D eigenvalue weighted by Crippen LogP contribution is 2.14. The van der Waals surface area contributed by atoms with E-state index in [0.717, 1.165) is 9.13 Å². The van der Waals surface area contributed by atoms with Crippen molar-refractivity contribution < 1.29 is 9.59 Å². The summed E-state index contributed by atoms with van der Waals surface area (Å²) in [5.74, 6) is -0.820.